The van der Waals surface area contributed by atoms with Gasteiger partial charge in [-0.2, -0.15) is 0 Å². The molecule has 3 nitrogen and oxygen atoms in total. The first kappa shape index (κ1) is 16.3. The Bertz CT molecular complexity index is 487. The van der Waals surface area contributed by atoms with Crippen LogP contribution in [0.3, 0.4) is 0 Å². The van der Waals surface area contributed by atoms with E-state index in [-0.39, 0.29) is 17.7 Å². The van der Waals surface area contributed by atoms with E-state index in [0.29, 0.717) is 4.47 Å². The van der Waals surface area contributed by atoms with Crippen molar-refractivity contribution in [3.63, 3.8) is 0 Å². The molecule has 1 N–H and O–H groups in total. The summed E-state index contributed by atoms with van der Waals surface area (Å²) in [6.45, 7) is 1.65. The second-order valence-electron chi connectivity index (χ2n) is 5.53. The highest BCUT2D eigenvalue weighted by molar-refractivity contribution is 9.10. The Morgan fingerprint density at radius 3 is 2.62 bits per heavy atom. The maximum absolute atomic E-state index is 13.7. The third-order valence-corrected chi connectivity index (χ3v) is 4.26. The predicted molar refractivity (Wildman–Crippen MR) is 83.8 cm³/mol. The van der Waals surface area contributed by atoms with E-state index < -0.39 is 11.9 Å². The highest BCUT2D eigenvalue weighted by Gasteiger charge is 2.21. The lowest BCUT2D eigenvalue weighted by Gasteiger charge is -2.20. The number of carbonyl (C=O) groups excluding carboxylic acids is 1. The fourth-order valence-electron chi connectivity index (χ4n) is 2.56. The molecular weight excluding hydrogens is 337 g/mol. The predicted octanol–water partition coefficient (Wildman–Crippen LogP) is 4.19. The van der Waals surface area contributed by atoms with Crippen LogP contribution in [0.2, 0.25) is 0 Å². The maximum Gasteiger partial charge on any atom is 0.260 e. The smallest absolute Gasteiger partial charge is 0.260 e. The molecule has 0 spiro atoms. The number of carbonyl (C=O) groups is 1. The van der Waals surface area contributed by atoms with Crippen molar-refractivity contribution in [3.05, 3.63) is 28.5 Å². The van der Waals surface area contributed by atoms with Crippen molar-refractivity contribution < 1.29 is 13.9 Å². The number of hydrogen-bond donors (Lipinski definition) is 1. The van der Waals surface area contributed by atoms with Gasteiger partial charge in [-0.05, 0) is 38.0 Å². The van der Waals surface area contributed by atoms with Gasteiger partial charge in [-0.15, -0.1) is 0 Å². The fraction of sp³-hybridized carbons (Fsp3) is 0.562. The molecule has 1 unspecified atom stereocenters. The molecule has 1 aromatic carbocycles. The molecule has 1 amide bonds. The third-order valence-electron chi connectivity index (χ3n) is 3.77. The van der Waals surface area contributed by atoms with Crippen LogP contribution < -0.4 is 10.1 Å². The van der Waals surface area contributed by atoms with Crippen molar-refractivity contribution in [2.45, 2.75) is 57.6 Å². The van der Waals surface area contributed by atoms with Crippen LogP contribution in [-0.2, 0) is 4.79 Å². The number of rotatable bonds is 4. The van der Waals surface area contributed by atoms with E-state index in [4.69, 9.17) is 4.74 Å². The second-order valence-corrected chi connectivity index (χ2v) is 6.45. The van der Waals surface area contributed by atoms with Crippen LogP contribution in [0.1, 0.15) is 45.4 Å². The molecule has 1 aliphatic rings. The summed E-state index contributed by atoms with van der Waals surface area (Å²) in [5.41, 5.74) is 0. The van der Waals surface area contributed by atoms with E-state index in [0.717, 1.165) is 25.7 Å². The molecule has 1 fully saturated rings. The normalized spacial score (nSPS) is 17.9. The lowest BCUT2D eigenvalue weighted by atomic mass is 10.1. The van der Waals surface area contributed by atoms with Crippen molar-refractivity contribution in [2.75, 3.05) is 0 Å². The average molecular weight is 358 g/mol. The molecule has 116 valence electrons. The lowest BCUT2D eigenvalue weighted by Crippen LogP contribution is -2.42. The van der Waals surface area contributed by atoms with E-state index in [9.17, 15) is 9.18 Å². The van der Waals surface area contributed by atoms with Crippen molar-refractivity contribution in [3.8, 4) is 5.75 Å². The molecule has 0 bridgehead atoms. The molecule has 0 heterocycles. The molecule has 5 heteroatoms. The Labute approximate surface area is 133 Å². The minimum Gasteiger partial charge on any atom is -0.478 e. The third kappa shape index (κ3) is 4.99. The van der Waals surface area contributed by atoms with Gasteiger partial charge in [0.15, 0.2) is 17.7 Å². The van der Waals surface area contributed by atoms with Gasteiger partial charge in [-0.1, -0.05) is 41.6 Å². The number of ether oxygens (including phenoxy) is 1. The lowest BCUT2D eigenvalue weighted by molar-refractivity contribution is -0.128. The van der Waals surface area contributed by atoms with Gasteiger partial charge in [-0.3, -0.25) is 4.79 Å². The van der Waals surface area contributed by atoms with Gasteiger partial charge in [0, 0.05) is 10.5 Å². The van der Waals surface area contributed by atoms with E-state index in [1.165, 1.54) is 25.0 Å². The van der Waals surface area contributed by atoms with E-state index in [2.05, 4.69) is 21.2 Å². The van der Waals surface area contributed by atoms with Gasteiger partial charge in [0.2, 0.25) is 0 Å². The topological polar surface area (TPSA) is 38.3 Å². The van der Waals surface area contributed by atoms with Gasteiger partial charge in [-0.25, -0.2) is 4.39 Å². The number of halogens is 2. The number of amides is 1. The van der Waals surface area contributed by atoms with E-state index in [1.54, 1.807) is 13.0 Å². The summed E-state index contributed by atoms with van der Waals surface area (Å²) >= 11 is 3.19. The minimum atomic E-state index is -0.705. The van der Waals surface area contributed by atoms with Crippen LogP contribution in [0.5, 0.6) is 5.75 Å². The van der Waals surface area contributed by atoms with Crippen molar-refractivity contribution in [1.29, 1.82) is 0 Å². The van der Waals surface area contributed by atoms with Crippen molar-refractivity contribution in [2.24, 2.45) is 0 Å². The second kappa shape index (κ2) is 7.78. The molecule has 0 saturated heterocycles. The summed E-state index contributed by atoms with van der Waals surface area (Å²) in [5, 5.41) is 3.01. The molecule has 0 radical (unpaired) electrons. The van der Waals surface area contributed by atoms with Gasteiger partial charge in [0.25, 0.3) is 5.91 Å². The molecular formula is C16H21BrFNO2. The molecule has 2 rings (SSSR count). The summed E-state index contributed by atoms with van der Waals surface area (Å²) in [7, 11) is 0. The van der Waals surface area contributed by atoms with Crippen LogP contribution in [0.15, 0.2) is 22.7 Å². The molecule has 1 saturated carbocycles. The Morgan fingerprint density at radius 2 is 2.00 bits per heavy atom. The fourth-order valence-corrected chi connectivity index (χ4v) is 2.89. The standard InChI is InChI=1S/C16H21BrFNO2/c1-11(21-15-9-8-12(17)10-14(15)18)16(20)19-13-6-4-2-3-5-7-13/h8-11,13H,2-7H2,1H3,(H,19,20). The molecule has 1 aromatic rings. The van der Waals surface area contributed by atoms with Gasteiger partial charge in [0.05, 0.1) is 0 Å². The Morgan fingerprint density at radius 1 is 1.33 bits per heavy atom. The molecule has 0 aromatic heterocycles. The van der Waals surface area contributed by atoms with E-state index in [1.807, 2.05) is 0 Å². The first-order chi connectivity index (χ1) is 10.1. The first-order valence-electron chi connectivity index (χ1n) is 7.48. The molecule has 21 heavy (non-hydrogen) atoms. The summed E-state index contributed by atoms with van der Waals surface area (Å²) in [6.07, 6.45) is 6.12. The molecule has 1 atom stereocenters. The molecule has 1 aliphatic carbocycles. The summed E-state index contributed by atoms with van der Waals surface area (Å²) in [5.74, 6) is -0.551. The van der Waals surface area contributed by atoms with Crippen molar-refractivity contribution >= 4 is 21.8 Å². The van der Waals surface area contributed by atoms with Crippen LogP contribution >= 0.6 is 15.9 Å². The van der Waals surface area contributed by atoms with Crippen LogP contribution in [0.25, 0.3) is 0 Å². The van der Waals surface area contributed by atoms with E-state index >= 15 is 0 Å². The van der Waals surface area contributed by atoms with Crippen molar-refractivity contribution in [1.82, 2.24) is 5.32 Å². The van der Waals surface area contributed by atoms with Crippen LogP contribution in [0, 0.1) is 5.82 Å². The largest absolute Gasteiger partial charge is 0.478 e. The van der Waals surface area contributed by atoms with Gasteiger partial charge < -0.3 is 10.1 Å². The Balaban J connectivity index is 1.89. The number of hydrogen-bond acceptors (Lipinski definition) is 2. The zero-order valence-corrected chi connectivity index (χ0v) is 13.8. The Kier molecular flexibility index (Phi) is 6.03. The first-order valence-corrected chi connectivity index (χ1v) is 8.27. The van der Waals surface area contributed by atoms with Crippen LogP contribution in [-0.4, -0.2) is 18.1 Å². The average Bonchev–Trinajstić information content (AvgIpc) is 2.70. The molecule has 0 aliphatic heterocycles. The SMILES string of the molecule is CC(Oc1ccc(Br)cc1F)C(=O)NC1CCCCCC1. The van der Waals surface area contributed by atoms with Crippen LogP contribution in [0.4, 0.5) is 4.39 Å². The maximum atomic E-state index is 13.7. The minimum absolute atomic E-state index is 0.0988. The summed E-state index contributed by atoms with van der Waals surface area (Å²) in [4.78, 5) is 12.1. The number of nitrogens with one attached hydrogen (secondary N) is 1. The Hall–Kier alpha value is -1.10. The highest BCUT2D eigenvalue weighted by atomic mass is 79.9. The van der Waals surface area contributed by atoms with Gasteiger partial charge in [0.1, 0.15) is 0 Å². The summed E-state index contributed by atoms with van der Waals surface area (Å²) < 4.78 is 19.8. The highest BCUT2D eigenvalue weighted by Crippen LogP contribution is 2.23. The quantitative estimate of drug-likeness (QED) is 0.820. The zero-order valence-electron chi connectivity index (χ0n) is 12.2. The number of benzene rings is 1. The zero-order chi connectivity index (χ0) is 15.2. The summed E-state index contributed by atoms with van der Waals surface area (Å²) in [6, 6.07) is 4.76. The monoisotopic (exact) mass is 357 g/mol. The van der Waals surface area contributed by atoms with Gasteiger partial charge >= 0.3 is 0 Å².